The molecule has 4 nitrogen and oxygen atoms in total. The predicted octanol–water partition coefficient (Wildman–Crippen LogP) is 5.16. The Bertz CT molecular complexity index is 850. The lowest BCUT2D eigenvalue weighted by atomic mass is 10.1. The summed E-state index contributed by atoms with van der Waals surface area (Å²) in [6, 6.07) is 29.5. The number of nitrogens with zero attached hydrogens (tertiary/aromatic N) is 4. The highest BCUT2D eigenvalue weighted by atomic mass is 35.5. The molecule has 1 aliphatic rings. The maximum Gasteiger partial charge on any atom is 0.0542 e. The van der Waals surface area contributed by atoms with E-state index in [1.54, 1.807) is 0 Å². The van der Waals surface area contributed by atoms with Gasteiger partial charge in [0.05, 0.1) is 6.21 Å². The summed E-state index contributed by atoms with van der Waals surface area (Å²) < 4.78 is 0. The minimum Gasteiger partial charge on any atom is -0.311 e. The molecule has 3 aromatic carbocycles. The van der Waals surface area contributed by atoms with Gasteiger partial charge in [-0.3, -0.25) is 5.01 Å². The van der Waals surface area contributed by atoms with Crippen molar-refractivity contribution in [3.05, 3.63) is 90.5 Å². The molecule has 0 radical (unpaired) electrons. The normalized spacial score (nSPS) is 14.6. The van der Waals surface area contributed by atoms with Crippen molar-refractivity contribution < 1.29 is 0 Å². The van der Waals surface area contributed by atoms with Crippen molar-refractivity contribution >= 4 is 35.7 Å². The topological polar surface area (TPSA) is 22.1 Å². The van der Waals surface area contributed by atoms with Crippen LogP contribution in [0.4, 0.5) is 17.1 Å². The van der Waals surface area contributed by atoms with Crippen LogP contribution in [0.2, 0.25) is 0 Å². The fourth-order valence-electron chi connectivity index (χ4n) is 3.37. The number of hydrazone groups is 1. The van der Waals surface area contributed by atoms with Gasteiger partial charge in [-0.05, 0) is 49.0 Å². The number of benzene rings is 3. The Kier molecular flexibility index (Phi) is 7.28. The number of anilines is 3. The summed E-state index contributed by atoms with van der Waals surface area (Å²) in [5.41, 5.74) is 4.54. The van der Waals surface area contributed by atoms with Crippen LogP contribution in [-0.2, 0) is 0 Å². The maximum absolute atomic E-state index is 4.65. The third-order valence-corrected chi connectivity index (χ3v) is 5.03. The van der Waals surface area contributed by atoms with Gasteiger partial charge in [0, 0.05) is 43.2 Å². The molecule has 1 aliphatic heterocycles. The molecule has 0 amide bonds. The molecule has 1 heterocycles. The fourth-order valence-corrected chi connectivity index (χ4v) is 3.37. The van der Waals surface area contributed by atoms with E-state index in [1.807, 2.05) is 18.3 Å². The van der Waals surface area contributed by atoms with E-state index < -0.39 is 0 Å². The summed E-state index contributed by atoms with van der Waals surface area (Å²) in [4.78, 5) is 4.60. The third-order valence-electron chi connectivity index (χ3n) is 5.03. The Hall–Kier alpha value is -2.82. The lowest BCUT2D eigenvalue weighted by molar-refractivity contribution is 0.159. The van der Waals surface area contributed by atoms with Crippen LogP contribution in [0.3, 0.4) is 0 Å². The standard InChI is InChI=1S/C24H26N4.ClH/c1-26-16-18-27(19-17-26)25-20-21-12-14-24(15-13-21)28(22-8-4-2-5-9-22)23-10-6-3-7-11-23;/h2-15,20H,16-19H2,1H3;1H/b25-20+;. The molecule has 0 unspecified atom stereocenters. The largest absolute Gasteiger partial charge is 0.311 e. The van der Waals surface area contributed by atoms with E-state index in [-0.39, 0.29) is 12.4 Å². The van der Waals surface area contributed by atoms with E-state index in [0.717, 1.165) is 48.8 Å². The van der Waals surface area contributed by atoms with Crippen molar-refractivity contribution in [2.24, 2.45) is 5.10 Å². The summed E-state index contributed by atoms with van der Waals surface area (Å²) in [6.45, 7) is 4.11. The summed E-state index contributed by atoms with van der Waals surface area (Å²) in [5.74, 6) is 0. The Balaban J connectivity index is 0.00000240. The van der Waals surface area contributed by atoms with E-state index in [2.05, 4.69) is 99.8 Å². The summed E-state index contributed by atoms with van der Waals surface area (Å²) >= 11 is 0. The summed E-state index contributed by atoms with van der Waals surface area (Å²) in [6.07, 6.45) is 1.96. The number of rotatable bonds is 5. The van der Waals surface area contributed by atoms with E-state index in [0.29, 0.717) is 0 Å². The van der Waals surface area contributed by atoms with Crippen LogP contribution in [0, 0.1) is 0 Å². The van der Waals surface area contributed by atoms with Gasteiger partial charge in [0.2, 0.25) is 0 Å². The number of halogens is 1. The average molecular weight is 407 g/mol. The molecule has 0 N–H and O–H groups in total. The molecule has 3 aromatic rings. The van der Waals surface area contributed by atoms with Crippen molar-refractivity contribution in [2.75, 3.05) is 38.1 Å². The van der Waals surface area contributed by atoms with Crippen LogP contribution in [0.15, 0.2) is 90.0 Å². The molecule has 5 heteroatoms. The summed E-state index contributed by atoms with van der Waals surface area (Å²) in [7, 11) is 2.16. The second-order valence-corrected chi connectivity index (χ2v) is 7.10. The van der Waals surface area contributed by atoms with Gasteiger partial charge in [0.1, 0.15) is 0 Å². The van der Waals surface area contributed by atoms with Gasteiger partial charge < -0.3 is 9.80 Å². The van der Waals surface area contributed by atoms with Crippen molar-refractivity contribution in [1.82, 2.24) is 9.91 Å². The second kappa shape index (κ2) is 10.1. The van der Waals surface area contributed by atoms with E-state index >= 15 is 0 Å². The molecule has 0 aromatic heterocycles. The van der Waals surface area contributed by atoms with Crippen LogP contribution >= 0.6 is 12.4 Å². The van der Waals surface area contributed by atoms with Crippen molar-refractivity contribution in [1.29, 1.82) is 0 Å². The van der Waals surface area contributed by atoms with Gasteiger partial charge in [-0.15, -0.1) is 12.4 Å². The lowest BCUT2D eigenvalue weighted by Gasteiger charge is -2.30. The fraction of sp³-hybridized carbons (Fsp3) is 0.208. The number of likely N-dealkylation sites (N-methyl/N-ethyl adjacent to an activating group) is 1. The first kappa shape index (κ1) is 20.9. The molecule has 4 rings (SSSR count). The van der Waals surface area contributed by atoms with Gasteiger partial charge >= 0.3 is 0 Å². The molecule has 150 valence electrons. The lowest BCUT2D eigenvalue weighted by Crippen LogP contribution is -2.41. The number of hydrogen-bond donors (Lipinski definition) is 0. The van der Waals surface area contributed by atoms with Gasteiger partial charge in [-0.2, -0.15) is 5.10 Å². The first-order valence-electron chi connectivity index (χ1n) is 9.77. The van der Waals surface area contributed by atoms with Crippen LogP contribution in [0.5, 0.6) is 0 Å². The van der Waals surface area contributed by atoms with Crippen molar-refractivity contribution in [2.45, 2.75) is 0 Å². The average Bonchev–Trinajstić information content (AvgIpc) is 2.76. The Morgan fingerprint density at radius 3 is 1.69 bits per heavy atom. The molecule has 0 atom stereocenters. The zero-order chi connectivity index (χ0) is 19.2. The van der Waals surface area contributed by atoms with Gasteiger partial charge in [0.15, 0.2) is 0 Å². The number of para-hydroxylation sites is 2. The quantitative estimate of drug-likeness (QED) is 0.546. The van der Waals surface area contributed by atoms with Gasteiger partial charge in [0.25, 0.3) is 0 Å². The maximum atomic E-state index is 4.65. The molecule has 0 aliphatic carbocycles. The first-order valence-corrected chi connectivity index (χ1v) is 9.77. The number of piperazine rings is 1. The predicted molar refractivity (Wildman–Crippen MR) is 125 cm³/mol. The molecule has 0 bridgehead atoms. The van der Waals surface area contributed by atoms with Gasteiger partial charge in [-0.1, -0.05) is 48.5 Å². The van der Waals surface area contributed by atoms with E-state index in [4.69, 9.17) is 0 Å². The monoisotopic (exact) mass is 406 g/mol. The van der Waals surface area contributed by atoms with Crippen LogP contribution in [0.25, 0.3) is 0 Å². The molecular formula is C24H27ClN4. The second-order valence-electron chi connectivity index (χ2n) is 7.10. The molecule has 1 fully saturated rings. The first-order chi connectivity index (χ1) is 13.8. The zero-order valence-electron chi connectivity index (χ0n) is 16.7. The summed E-state index contributed by atoms with van der Waals surface area (Å²) in [5, 5.41) is 6.79. The minimum absolute atomic E-state index is 0. The molecule has 0 spiro atoms. The Labute approximate surface area is 179 Å². The van der Waals surface area contributed by atoms with Crippen molar-refractivity contribution in [3.8, 4) is 0 Å². The van der Waals surface area contributed by atoms with Crippen LogP contribution in [0.1, 0.15) is 5.56 Å². The zero-order valence-corrected chi connectivity index (χ0v) is 17.5. The third kappa shape index (κ3) is 5.37. The number of hydrogen-bond acceptors (Lipinski definition) is 4. The van der Waals surface area contributed by atoms with Crippen LogP contribution in [-0.4, -0.2) is 49.4 Å². The molecule has 0 saturated carbocycles. The minimum atomic E-state index is 0. The molecule has 1 saturated heterocycles. The van der Waals surface area contributed by atoms with Gasteiger partial charge in [-0.25, -0.2) is 0 Å². The highest BCUT2D eigenvalue weighted by Gasteiger charge is 2.12. The SMILES string of the molecule is CN1CCN(/N=C/c2ccc(N(c3ccccc3)c3ccccc3)cc2)CC1.Cl. The highest BCUT2D eigenvalue weighted by Crippen LogP contribution is 2.33. The van der Waals surface area contributed by atoms with Crippen LogP contribution < -0.4 is 4.90 Å². The van der Waals surface area contributed by atoms with E-state index in [1.165, 1.54) is 0 Å². The van der Waals surface area contributed by atoms with E-state index in [9.17, 15) is 0 Å². The highest BCUT2D eigenvalue weighted by molar-refractivity contribution is 5.85. The molecule has 29 heavy (non-hydrogen) atoms. The smallest absolute Gasteiger partial charge is 0.0542 e. The van der Waals surface area contributed by atoms with Crippen molar-refractivity contribution in [3.63, 3.8) is 0 Å². The Morgan fingerprint density at radius 2 is 1.17 bits per heavy atom. The molecular weight excluding hydrogens is 380 g/mol. The Morgan fingerprint density at radius 1 is 0.690 bits per heavy atom.